The minimum atomic E-state index is -1.09. The first-order valence-corrected chi connectivity index (χ1v) is 17.9. The number of carbonyl (C=O) groups excluding carboxylic acids is 1. The first kappa shape index (κ1) is 34.6. The maximum atomic E-state index is 15.0. The van der Waals surface area contributed by atoms with Crippen molar-refractivity contribution in [3.8, 4) is 16.9 Å². The van der Waals surface area contributed by atoms with Gasteiger partial charge in [0.2, 0.25) is 0 Å². The van der Waals surface area contributed by atoms with Crippen molar-refractivity contribution >= 4 is 62.6 Å². The van der Waals surface area contributed by atoms with Crippen molar-refractivity contribution in [2.75, 3.05) is 18.1 Å². The summed E-state index contributed by atoms with van der Waals surface area (Å²) < 4.78 is 11.7. The molecule has 1 aliphatic rings. The summed E-state index contributed by atoms with van der Waals surface area (Å²) in [6.07, 6.45) is 1.19. The van der Waals surface area contributed by atoms with E-state index in [4.69, 9.17) is 33.0 Å². The van der Waals surface area contributed by atoms with Crippen LogP contribution in [0, 0.1) is 27.7 Å². The molecular formula is C39H40Cl2N6O4. The van der Waals surface area contributed by atoms with Crippen LogP contribution in [0.15, 0.2) is 42.5 Å². The molecule has 3 aromatic heterocycles. The Balaban J connectivity index is 1.39. The van der Waals surface area contributed by atoms with Crippen LogP contribution < -0.4 is 9.64 Å². The van der Waals surface area contributed by atoms with Gasteiger partial charge in [0.1, 0.15) is 11.4 Å². The summed E-state index contributed by atoms with van der Waals surface area (Å²) in [4.78, 5) is 29.3. The van der Waals surface area contributed by atoms with Gasteiger partial charge in [0.05, 0.1) is 39.4 Å². The summed E-state index contributed by atoms with van der Waals surface area (Å²) in [5.41, 5.74) is 8.98. The van der Waals surface area contributed by atoms with Gasteiger partial charge in [0.15, 0.2) is 5.69 Å². The number of hydrogen-bond acceptors (Lipinski definition) is 5. The van der Waals surface area contributed by atoms with E-state index in [-0.39, 0.29) is 17.6 Å². The molecule has 0 unspecified atom stereocenters. The second kappa shape index (κ2) is 13.1. The van der Waals surface area contributed by atoms with Crippen LogP contribution in [0.3, 0.4) is 0 Å². The zero-order chi connectivity index (χ0) is 36.5. The number of carboxylic acids is 1. The molecule has 0 spiro atoms. The second-order valence-corrected chi connectivity index (χ2v) is 14.2. The van der Waals surface area contributed by atoms with Crippen LogP contribution in [0.1, 0.15) is 75.4 Å². The molecule has 1 amide bonds. The Labute approximate surface area is 306 Å². The predicted octanol–water partition coefficient (Wildman–Crippen LogP) is 8.88. The zero-order valence-corrected chi connectivity index (χ0v) is 31.3. The van der Waals surface area contributed by atoms with Crippen molar-refractivity contribution in [3.63, 3.8) is 0 Å². The lowest BCUT2D eigenvalue weighted by Gasteiger charge is -2.34. The van der Waals surface area contributed by atoms with Gasteiger partial charge < -0.3 is 19.3 Å². The lowest BCUT2D eigenvalue weighted by Crippen LogP contribution is -2.43. The number of amides is 1. The Morgan fingerprint density at radius 1 is 1.04 bits per heavy atom. The van der Waals surface area contributed by atoms with Crippen LogP contribution >= 0.6 is 23.2 Å². The molecule has 3 aromatic carbocycles. The normalized spacial score (nSPS) is 14.6. The fraction of sp³-hybridized carbons (Fsp3) is 0.333. The lowest BCUT2D eigenvalue weighted by molar-refractivity contribution is 0.0685. The molecule has 6 aromatic rings. The summed E-state index contributed by atoms with van der Waals surface area (Å²) in [6.45, 7) is 13.0. The van der Waals surface area contributed by atoms with Crippen molar-refractivity contribution < 1.29 is 19.4 Å². The minimum Gasteiger partial charge on any atom is -0.494 e. The van der Waals surface area contributed by atoms with Crippen LogP contribution in [0.2, 0.25) is 10.0 Å². The molecule has 0 fully saturated rings. The van der Waals surface area contributed by atoms with Gasteiger partial charge in [0.25, 0.3) is 5.91 Å². The molecule has 0 radical (unpaired) electrons. The number of anilines is 1. The Hall–Kier alpha value is -4.80. The smallest absolute Gasteiger partial charge is 0.354 e. The Morgan fingerprint density at radius 3 is 2.41 bits per heavy atom. The molecule has 51 heavy (non-hydrogen) atoms. The third-order valence-electron chi connectivity index (χ3n) is 10.1. The number of aromatic carboxylic acids is 1. The number of carbonyl (C=O) groups is 2. The average molecular weight is 728 g/mol. The SMILES string of the molecule is CCn1nc2cccc(N3C[C@@H](C)n4c(c(CCCOc5cc(C)c(Cl)c(C)c5)c5ccc(Cl)c(-c6c(C)nn(C)c6C)c54)C3=O)c2c1C(=O)O. The number of aryl methyl sites for hydroxylation is 6. The van der Waals surface area contributed by atoms with Crippen LogP contribution in [-0.4, -0.2) is 54.3 Å². The van der Waals surface area contributed by atoms with Crippen LogP contribution in [0.5, 0.6) is 5.75 Å². The number of carboxylic acid groups (broad SMARTS) is 1. The van der Waals surface area contributed by atoms with E-state index in [2.05, 4.69) is 16.6 Å². The molecule has 264 valence electrons. The topological polar surface area (TPSA) is 107 Å². The molecule has 1 atom stereocenters. The Kier molecular flexibility index (Phi) is 8.88. The third kappa shape index (κ3) is 5.56. The number of hydrogen-bond donors (Lipinski definition) is 1. The summed E-state index contributed by atoms with van der Waals surface area (Å²) in [7, 11) is 1.92. The highest BCUT2D eigenvalue weighted by Crippen LogP contribution is 2.45. The number of ether oxygens (including phenoxy) is 1. The average Bonchev–Trinajstić information content (AvgIpc) is 3.72. The lowest BCUT2D eigenvalue weighted by atomic mass is 9.98. The molecule has 0 saturated carbocycles. The number of rotatable bonds is 9. The number of aromatic nitrogens is 5. The first-order chi connectivity index (χ1) is 24.3. The summed E-state index contributed by atoms with van der Waals surface area (Å²) in [5, 5.41) is 22.2. The standard InChI is InChI=1S/C39H40Cl2N6O4/c1-8-46-37(39(49)50)33-29(43-46)12-9-13-30(33)45-19-22(4)47-35-27(14-15-28(40)32(35)31-23(5)42-44(7)24(31)6)26(36(47)38(45)48)11-10-16-51-25-17-20(2)34(41)21(3)18-25/h9,12-15,17-18,22H,8,10-11,16,19H2,1-7H3,(H,49,50)/t22-/m1/s1. The van der Waals surface area contributed by atoms with E-state index >= 15 is 4.79 Å². The number of benzene rings is 3. The molecule has 0 bridgehead atoms. The fourth-order valence-corrected chi connectivity index (χ4v) is 8.13. The molecule has 0 saturated heterocycles. The van der Waals surface area contributed by atoms with E-state index in [0.29, 0.717) is 59.8 Å². The van der Waals surface area contributed by atoms with Crippen molar-refractivity contribution in [2.24, 2.45) is 7.05 Å². The molecular weight excluding hydrogens is 687 g/mol. The van der Waals surface area contributed by atoms with E-state index in [9.17, 15) is 9.90 Å². The van der Waals surface area contributed by atoms with Crippen molar-refractivity contribution in [1.82, 2.24) is 24.1 Å². The molecule has 1 aliphatic heterocycles. The van der Waals surface area contributed by atoms with Gasteiger partial charge in [-0.05, 0) is 101 Å². The largest absolute Gasteiger partial charge is 0.494 e. The van der Waals surface area contributed by atoms with Gasteiger partial charge in [0, 0.05) is 53.4 Å². The molecule has 0 aliphatic carbocycles. The highest BCUT2D eigenvalue weighted by molar-refractivity contribution is 6.35. The third-order valence-corrected chi connectivity index (χ3v) is 11.0. The maximum absolute atomic E-state index is 15.0. The molecule has 4 heterocycles. The van der Waals surface area contributed by atoms with E-state index < -0.39 is 5.97 Å². The molecule has 7 rings (SSSR count). The van der Waals surface area contributed by atoms with E-state index in [0.717, 1.165) is 60.9 Å². The van der Waals surface area contributed by atoms with E-state index in [1.54, 1.807) is 11.0 Å². The van der Waals surface area contributed by atoms with E-state index in [1.165, 1.54) is 4.68 Å². The molecule has 10 nitrogen and oxygen atoms in total. The van der Waals surface area contributed by atoms with Crippen LogP contribution in [-0.2, 0) is 20.0 Å². The quantitative estimate of drug-likeness (QED) is 0.149. The predicted molar refractivity (Wildman–Crippen MR) is 202 cm³/mol. The summed E-state index contributed by atoms with van der Waals surface area (Å²) >= 11 is 13.5. The molecule has 12 heteroatoms. The summed E-state index contributed by atoms with van der Waals surface area (Å²) in [6, 6.07) is 13.0. The van der Waals surface area contributed by atoms with Gasteiger partial charge in [-0.2, -0.15) is 10.2 Å². The van der Waals surface area contributed by atoms with Crippen LogP contribution in [0.25, 0.3) is 32.9 Å². The second-order valence-electron chi connectivity index (χ2n) is 13.4. The summed E-state index contributed by atoms with van der Waals surface area (Å²) in [5.74, 6) is -0.550. The zero-order valence-electron chi connectivity index (χ0n) is 29.8. The van der Waals surface area contributed by atoms with Gasteiger partial charge in [-0.25, -0.2) is 4.79 Å². The number of fused-ring (bicyclic) bond motifs is 4. The van der Waals surface area contributed by atoms with Crippen LogP contribution in [0.4, 0.5) is 5.69 Å². The number of nitrogens with zero attached hydrogens (tertiary/aromatic N) is 6. The van der Waals surface area contributed by atoms with Crippen molar-refractivity contribution in [3.05, 3.63) is 92.0 Å². The Morgan fingerprint density at radius 2 is 1.76 bits per heavy atom. The van der Waals surface area contributed by atoms with Gasteiger partial charge in [-0.1, -0.05) is 35.3 Å². The van der Waals surface area contributed by atoms with Crippen molar-refractivity contribution in [2.45, 2.75) is 67.0 Å². The van der Waals surface area contributed by atoms with Gasteiger partial charge in [-0.15, -0.1) is 0 Å². The van der Waals surface area contributed by atoms with Gasteiger partial charge >= 0.3 is 5.97 Å². The fourth-order valence-electron chi connectivity index (χ4n) is 7.77. The molecule has 1 N–H and O–H groups in total. The highest BCUT2D eigenvalue weighted by Gasteiger charge is 2.38. The van der Waals surface area contributed by atoms with Crippen molar-refractivity contribution in [1.29, 1.82) is 0 Å². The Bertz CT molecular complexity index is 2380. The van der Waals surface area contributed by atoms with Gasteiger partial charge in [-0.3, -0.25) is 14.2 Å². The monoisotopic (exact) mass is 726 g/mol. The number of halogens is 2. The van der Waals surface area contributed by atoms with E-state index in [1.807, 2.05) is 82.7 Å². The minimum absolute atomic E-state index is 0.0660. The maximum Gasteiger partial charge on any atom is 0.354 e. The highest BCUT2D eigenvalue weighted by atomic mass is 35.5. The first-order valence-electron chi connectivity index (χ1n) is 17.1.